The van der Waals surface area contributed by atoms with Gasteiger partial charge in [0.25, 0.3) is 5.56 Å². The van der Waals surface area contributed by atoms with Crippen molar-refractivity contribution in [3.63, 3.8) is 0 Å². The van der Waals surface area contributed by atoms with E-state index in [-0.39, 0.29) is 10.7 Å². The average molecular weight is 224 g/mol. The zero-order valence-electron chi connectivity index (χ0n) is 8.27. The van der Waals surface area contributed by atoms with Gasteiger partial charge in [0.2, 0.25) is 0 Å². The van der Waals surface area contributed by atoms with Crippen LogP contribution in [0, 0.1) is 0 Å². The summed E-state index contributed by atoms with van der Waals surface area (Å²) in [6.07, 6.45) is 2.50. The number of halogens is 1. The number of nitrogens with zero attached hydrogens (tertiary/aromatic N) is 3. The van der Waals surface area contributed by atoms with Crippen LogP contribution in [0.2, 0.25) is 5.15 Å². The topological polar surface area (TPSA) is 47.8 Å². The molecule has 4 nitrogen and oxygen atoms in total. The summed E-state index contributed by atoms with van der Waals surface area (Å²) in [4.78, 5) is 19.8. The Labute approximate surface area is 91.5 Å². The molecule has 0 fully saturated rings. The predicted molar refractivity (Wildman–Crippen MR) is 59.1 cm³/mol. The maximum absolute atomic E-state index is 11.7. The summed E-state index contributed by atoms with van der Waals surface area (Å²) in [5.41, 5.74) is 0.967. The molecule has 0 amide bonds. The molecule has 0 aromatic carbocycles. The molecular weight excluding hydrogens is 214 g/mol. The Bertz CT molecular complexity index is 550. The molecular formula is C10H10ClN3O. The first-order valence-corrected chi connectivity index (χ1v) is 5.13. The first kappa shape index (κ1) is 10.1. The second kappa shape index (κ2) is 3.98. The third-order valence-corrected chi connectivity index (χ3v) is 2.36. The van der Waals surface area contributed by atoms with E-state index in [2.05, 4.69) is 9.97 Å². The maximum Gasteiger partial charge on any atom is 0.289 e. The van der Waals surface area contributed by atoms with Gasteiger partial charge in [-0.25, -0.2) is 9.97 Å². The lowest BCUT2D eigenvalue weighted by atomic mass is 10.4. The van der Waals surface area contributed by atoms with Crippen LogP contribution in [-0.2, 0) is 6.54 Å². The van der Waals surface area contributed by atoms with Crippen LogP contribution in [0.25, 0.3) is 11.2 Å². The molecule has 0 aliphatic carbocycles. The van der Waals surface area contributed by atoms with E-state index in [4.69, 9.17) is 11.6 Å². The van der Waals surface area contributed by atoms with Crippen LogP contribution in [0.3, 0.4) is 0 Å². The van der Waals surface area contributed by atoms with E-state index >= 15 is 0 Å². The number of aryl methyl sites for hydroxylation is 1. The monoisotopic (exact) mass is 223 g/mol. The Morgan fingerprint density at radius 2 is 2.33 bits per heavy atom. The molecule has 2 aromatic heterocycles. The minimum Gasteiger partial charge on any atom is -0.289 e. The van der Waals surface area contributed by atoms with Gasteiger partial charge >= 0.3 is 0 Å². The van der Waals surface area contributed by atoms with E-state index < -0.39 is 0 Å². The van der Waals surface area contributed by atoms with Crippen molar-refractivity contribution in [3.8, 4) is 0 Å². The summed E-state index contributed by atoms with van der Waals surface area (Å²) >= 11 is 5.76. The normalized spacial score (nSPS) is 10.8. The molecule has 2 aromatic rings. The zero-order chi connectivity index (χ0) is 10.8. The van der Waals surface area contributed by atoms with Gasteiger partial charge in [0, 0.05) is 12.7 Å². The average Bonchev–Trinajstić information content (AvgIpc) is 2.25. The number of hydrogen-bond acceptors (Lipinski definition) is 3. The largest absolute Gasteiger partial charge is 0.289 e. The molecule has 0 saturated carbocycles. The van der Waals surface area contributed by atoms with Gasteiger partial charge in [0.1, 0.15) is 5.52 Å². The lowest BCUT2D eigenvalue weighted by Crippen LogP contribution is -2.22. The summed E-state index contributed by atoms with van der Waals surface area (Å²) in [6.45, 7) is 2.60. The SMILES string of the molecule is CCCn1c(=O)c(Cl)nc2cccnc21. The van der Waals surface area contributed by atoms with E-state index in [0.717, 1.165) is 6.42 Å². The summed E-state index contributed by atoms with van der Waals surface area (Å²) in [6, 6.07) is 3.56. The fraction of sp³-hybridized carbons (Fsp3) is 0.300. The van der Waals surface area contributed by atoms with Crippen molar-refractivity contribution in [3.05, 3.63) is 33.8 Å². The van der Waals surface area contributed by atoms with Gasteiger partial charge in [-0.2, -0.15) is 0 Å². The van der Waals surface area contributed by atoms with E-state index in [1.807, 2.05) is 6.92 Å². The lowest BCUT2D eigenvalue weighted by molar-refractivity contribution is 0.668. The van der Waals surface area contributed by atoms with Crippen molar-refractivity contribution in [2.24, 2.45) is 0 Å². The summed E-state index contributed by atoms with van der Waals surface area (Å²) in [5, 5.41) is 0.00366. The summed E-state index contributed by atoms with van der Waals surface area (Å²) < 4.78 is 1.56. The second-order valence-corrected chi connectivity index (χ2v) is 3.56. The molecule has 0 N–H and O–H groups in total. The molecule has 2 rings (SSSR count). The predicted octanol–water partition coefficient (Wildman–Crippen LogP) is 1.85. The van der Waals surface area contributed by atoms with Crippen molar-refractivity contribution in [1.29, 1.82) is 0 Å². The van der Waals surface area contributed by atoms with Crippen molar-refractivity contribution in [2.75, 3.05) is 0 Å². The van der Waals surface area contributed by atoms with Gasteiger partial charge < -0.3 is 0 Å². The third-order valence-electron chi connectivity index (χ3n) is 2.11. The Morgan fingerprint density at radius 1 is 1.53 bits per heavy atom. The standard InChI is InChI=1S/C10H10ClN3O/c1-2-6-14-9-7(4-3-5-12-9)13-8(11)10(14)15/h3-5H,2,6H2,1H3. The lowest BCUT2D eigenvalue weighted by Gasteiger charge is -2.07. The quantitative estimate of drug-likeness (QED) is 0.781. The highest BCUT2D eigenvalue weighted by Crippen LogP contribution is 2.09. The van der Waals surface area contributed by atoms with Crippen LogP contribution in [0.4, 0.5) is 0 Å². The molecule has 0 bridgehead atoms. The number of hydrogen-bond donors (Lipinski definition) is 0. The smallest absolute Gasteiger partial charge is 0.289 e. The number of fused-ring (bicyclic) bond motifs is 1. The van der Waals surface area contributed by atoms with Gasteiger partial charge in [-0.05, 0) is 18.6 Å². The minimum atomic E-state index is -0.273. The van der Waals surface area contributed by atoms with Crippen LogP contribution in [-0.4, -0.2) is 14.5 Å². The highest BCUT2D eigenvalue weighted by Gasteiger charge is 2.08. The Kier molecular flexibility index (Phi) is 2.68. The molecule has 0 spiro atoms. The third kappa shape index (κ3) is 1.72. The first-order chi connectivity index (χ1) is 7.24. The highest BCUT2D eigenvalue weighted by molar-refractivity contribution is 6.29. The van der Waals surface area contributed by atoms with Crippen molar-refractivity contribution >= 4 is 22.8 Å². The van der Waals surface area contributed by atoms with Crippen LogP contribution in [0.15, 0.2) is 23.1 Å². The van der Waals surface area contributed by atoms with Crippen molar-refractivity contribution < 1.29 is 0 Å². The fourth-order valence-electron chi connectivity index (χ4n) is 1.48. The molecule has 5 heteroatoms. The highest BCUT2D eigenvalue weighted by atomic mass is 35.5. The number of aromatic nitrogens is 3. The molecule has 0 radical (unpaired) electrons. The van der Waals surface area contributed by atoms with E-state index in [1.54, 1.807) is 22.9 Å². The van der Waals surface area contributed by atoms with Crippen LogP contribution in [0.5, 0.6) is 0 Å². The van der Waals surface area contributed by atoms with Crippen LogP contribution < -0.4 is 5.56 Å². The molecule has 2 heterocycles. The molecule has 0 aliphatic heterocycles. The molecule has 15 heavy (non-hydrogen) atoms. The van der Waals surface area contributed by atoms with Gasteiger partial charge in [-0.1, -0.05) is 18.5 Å². The Morgan fingerprint density at radius 3 is 3.07 bits per heavy atom. The van der Waals surface area contributed by atoms with E-state index in [9.17, 15) is 4.79 Å². The van der Waals surface area contributed by atoms with Gasteiger partial charge in [-0.3, -0.25) is 9.36 Å². The minimum absolute atomic E-state index is 0.00366. The van der Waals surface area contributed by atoms with Gasteiger partial charge in [0.05, 0.1) is 0 Å². The van der Waals surface area contributed by atoms with Crippen LogP contribution in [0.1, 0.15) is 13.3 Å². The van der Waals surface area contributed by atoms with Gasteiger partial charge in [-0.15, -0.1) is 0 Å². The Balaban J connectivity index is 2.83. The van der Waals surface area contributed by atoms with Gasteiger partial charge in [0.15, 0.2) is 10.8 Å². The molecule has 0 atom stereocenters. The molecule has 78 valence electrons. The zero-order valence-corrected chi connectivity index (χ0v) is 9.03. The van der Waals surface area contributed by atoms with Crippen molar-refractivity contribution in [2.45, 2.75) is 19.9 Å². The van der Waals surface area contributed by atoms with Crippen LogP contribution >= 0.6 is 11.6 Å². The molecule has 0 aliphatic rings. The first-order valence-electron chi connectivity index (χ1n) is 4.75. The van der Waals surface area contributed by atoms with E-state index in [1.165, 1.54) is 0 Å². The molecule has 0 saturated heterocycles. The summed E-state index contributed by atoms with van der Waals surface area (Å²) in [5.74, 6) is 0. The fourth-order valence-corrected chi connectivity index (χ4v) is 1.67. The van der Waals surface area contributed by atoms with Crippen molar-refractivity contribution in [1.82, 2.24) is 14.5 Å². The number of pyridine rings is 1. The maximum atomic E-state index is 11.7. The summed E-state index contributed by atoms with van der Waals surface area (Å²) in [7, 11) is 0. The molecule has 0 unspecified atom stereocenters. The Hall–Kier alpha value is -1.42. The second-order valence-electron chi connectivity index (χ2n) is 3.21. The number of rotatable bonds is 2. The van der Waals surface area contributed by atoms with E-state index in [0.29, 0.717) is 17.7 Å².